The Labute approximate surface area is 141 Å². The van der Waals surface area contributed by atoms with Crippen LogP contribution in [-0.4, -0.2) is 5.91 Å². The number of benzene rings is 2. The molecule has 0 radical (unpaired) electrons. The van der Waals surface area contributed by atoms with Crippen molar-refractivity contribution in [2.24, 2.45) is 0 Å². The molecule has 4 heteroatoms. The third-order valence-corrected chi connectivity index (χ3v) is 3.74. The zero-order valence-electron chi connectivity index (χ0n) is 13.4. The lowest BCUT2D eigenvalue weighted by Crippen LogP contribution is -2.27. The van der Waals surface area contributed by atoms with Crippen LogP contribution in [-0.2, 0) is 6.61 Å². The molecule has 3 aromatic rings. The first-order valence-electron chi connectivity index (χ1n) is 7.84. The van der Waals surface area contributed by atoms with Gasteiger partial charge in [0.15, 0.2) is 5.76 Å². The van der Waals surface area contributed by atoms with Crippen LogP contribution < -0.4 is 10.1 Å². The predicted molar refractivity (Wildman–Crippen MR) is 91.8 cm³/mol. The number of hydrogen-bond acceptors (Lipinski definition) is 3. The molecule has 24 heavy (non-hydrogen) atoms. The van der Waals surface area contributed by atoms with Crippen molar-refractivity contribution in [3.05, 3.63) is 89.9 Å². The van der Waals surface area contributed by atoms with E-state index >= 15 is 0 Å². The van der Waals surface area contributed by atoms with Crippen LogP contribution in [0.2, 0.25) is 0 Å². The van der Waals surface area contributed by atoms with Crippen LogP contribution in [0.5, 0.6) is 5.75 Å². The first kappa shape index (κ1) is 15.9. The van der Waals surface area contributed by atoms with Gasteiger partial charge in [-0.05, 0) is 30.7 Å². The van der Waals surface area contributed by atoms with Crippen molar-refractivity contribution in [3.8, 4) is 5.75 Å². The van der Waals surface area contributed by atoms with Crippen molar-refractivity contribution in [2.45, 2.75) is 19.6 Å². The number of para-hydroxylation sites is 1. The summed E-state index contributed by atoms with van der Waals surface area (Å²) in [4.78, 5) is 12.5. The van der Waals surface area contributed by atoms with Gasteiger partial charge < -0.3 is 14.5 Å². The van der Waals surface area contributed by atoms with Crippen LogP contribution >= 0.6 is 0 Å². The number of carbonyl (C=O) groups excluding carboxylic acids is 1. The van der Waals surface area contributed by atoms with Crippen LogP contribution in [0.15, 0.2) is 77.4 Å². The zero-order valence-corrected chi connectivity index (χ0v) is 13.4. The molecule has 0 unspecified atom stereocenters. The molecule has 0 spiro atoms. The molecule has 0 aliphatic carbocycles. The second-order valence-corrected chi connectivity index (χ2v) is 5.48. The molecular weight excluding hydrogens is 302 g/mol. The minimum absolute atomic E-state index is 0.105. The van der Waals surface area contributed by atoms with Crippen LogP contribution in [0.3, 0.4) is 0 Å². The molecule has 1 aromatic heterocycles. The molecule has 1 N–H and O–H groups in total. The lowest BCUT2D eigenvalue weighted by atomic mass is 10.1. The second-order valence-electron chi connectivity index (χ2n) is 5.48. The van der Waals surface area contributed by atoms with Gasteiger partial charge in [-0.2, -0.15) is 0 Å². The van der Waals surface area contributed by atoms with Gasteiger partial charge in [0.05, 0.1) is 12.3 Å². The highest BCUT2D eigenvalue weighted by Gasteiger charge is 2.18. The lowest BCUT2D eigenvalue weighted by molar-refractivity contribution is 0.0908. The van der Waals surface area contributed by atoms with Crippen LogP contribution in [0.4, 0.5) is 0 Å². The van der Waals surface area contributed by atoms with Crippen molar-refractivity contribution < 1.29 is 13.9 Å². The molecular formula is C20H19NO3. The molecule has 4 nitrogen and oxygen atoms in total. The minimum Gasteiger partial charge on any atom is -0.489 e. The normalized spacial score (nSPS) is 11.7. The summed E-state index contributed by atoms with van der Waals surface area (Å²) in [5.74, 6) is 0.791. The standard InChI is InChI=1S/C20H19NO3/c1-15(16-8-4-2-5-9-16)21-20(22)19-17(12-13-23-19)14-24-18-10-6-3-7-11-18/h2-13,15H,14H2,1H3,(H,21,22)/t15-/m0/s1. The van der Waals surface area contributed by atoms with Crippen LogP contribution in [0.1, 0.15) is 34.6 Å². The Morgan fingerprint density at radius 3 is 2.42 bits per heavy atom. The minimum atomic E-state index is -0.247. The Morgan fingerprint density at radius 2 is 1.71 bits per heavy atom. The molecule has 2 aromatic carbocycles. The summed E-state index contributed by atoms with van der Waals surface area (Å²) in [5, 5.41) is 2.95. The number of ether oxygens (including phenoxy) is 1. The van der Waals surface area contributed by atoms with Crippen molar-refractivity contribution in [2.75, 3.05) is 0 Å². The maximum Gasteiger partial charge on any atom is 0.287 e. The third-order valence-electron chi connectivity index (χ3n) is 3.74. The maximum atomic E-state index is 12.5. The molecule has 3 rings (SSSR count). The number of carbonyl (C=O) groups is 1. The summed E-state index contributed by atoms with van der Waals surface area (Å²) in [5.41, 5.74) is 1.76. The molecule has 0 saturated heterocycles. The summed E-state index contributed by atoms with van der Waals surface area (Å²) < 4.78 is 11.1. The van der Waals surface area contributed by atoms with E-state index in [1.807, 2.05) is 67.6 Å². The molecule has 0 aliphatic rings. The van der Waals surface area contributed by atoms with E-state index in [0.29, 0.717) is 0 Å². The molecule has 0 bridgehead atoms. The molecule has 122 valence electrons. The molecule has 1 amide bonds. The van der Waals surface area contributed by atoms with Crippen LogP contribution in [0.25, 0.3) is 0 Å². The average Bonchev–Trinajstić information content (AvgIpc) is 3.10. The fourth-order valence-electron chi connectivity index (χ4n) is 2.41. The van der Waals surface area contributed by atoms with E-state index in [9.17, 15) is 4.79 Å². The first-order chi connectivity index (χ1) is 11.7. The van der Waals surface area contributed by atoms with Crippen molar-refractivity contribution in [3.63, 3.8) is 0 Å². The van der Waals surface area contributed by atoms with Gasteiger partial charge in [-0.3, -0.25) is 4.79 Å². The van der Waals surface area contributed by atoms with Crippen LogP contribution in [0, 0.1) is 0 Å². The number of nitrogens with one attached hydrogen (secondary N) is 1. The largest absolute Gasteiger partial charge is 0.489 e. The van der Waals surface area contributed by atoms with E-state index in [4.69, 9.17) is 9.15 Å². The number of amides is 1. The third kappa shape index (κ3) is 3.84. The maximum absolute atomic E-state index is 12.5. The molecule has 0 saturated carbocycles. The van der Waals surface area contributed by atoms with E-state index in [1.54, 1.807) is 6.07 Å². The monoisotopic (exact) mass is 321 g/mol. The quantitative estimate of drug-likeness (QED) is 0.734. The van der Waals surface area contributed by atoms with Crippen molar-refractivity contribution >= 4 is 5.91 Å². The first-order valence-corrected chi connectivity index (χ1v) is 7.84. The van der Waals surface area contributed by atoms with Gasteiger partial charge in [-0.1, -0.05) is 48.5 Å². The average molecular weight is 321 g/mol. The van der Waals surface area contributed by atoms with Gasteiger partial charge in [-0.15, -0.1) is 0 Å². The Hall–Kier alpha value is -3.01. The van der Waals surface area contributed by atoms with Gasteiger partial charge >= 0.3 is 0 Å². The van der Waals surface area contributed by atoms with E-state index in [-0.39, 0.29) is 24.3 Å². The Balaban J connectivity index is 1.65. The molecule has 0 aliphatic heterocycles. The summed E-state index contributed by atoms with van der Waals surface area (Å²) in [7, 11) is 0. The second kappa shape index (κ2) is 7.51. The van der Waals surface area contributed by atoms with E-state index in [0.717, 1.165) is 16.9 Å². The summed E-state index contributed by atoms with van der Waals surface area (Å²) >= 11 is 0. The fourth-order valence-corrected chi connectivity index (χ4v) is 2.41. The van der Waals surface area contributed by atoms with Gasteiger partial charge in [-0.25, -0.2) is 0 Å². The Kier molecular flexibility index (Phi) is 4.96. The predicted octanol–water partition coefficient (Wildman–Crippen LogP) is 4.35. The van der Waals surface area contributed by atoms with Gasteiger partial charge in [0.2, 0.25) is 0 Å². The summed E-state index contributed by atoms with van der Waals surface area (Å²) in [6.45, 7) is 2.22. The number of hydrogen-bond donors (Lipinski definition) is 1. The van der Waals surface area contributed by atoms with E-state index in [2.05, 4.69) is 5.32 Å². The lowest BCUT2D eigenvalue weighted by Gasteiger charge is -2.14. The topological polar surface area (TPSA) is 51.5 Å². The van der Waals surface area contributed by atoms with Gasteiger partial charge in [0, 0.05) is 5.56 Å². The van der Waals surface area contributed by atoms with E-state index < -0.39 is 0 Å². The van der Waals surface area contributed by atoms with Crippen molar-refractivity contribution in [1.82, 2.24) is 5.32 Å². The highest BCUT2D eigenvalue weighted by atomic mass is 16.5. The van der Waals surface area contributed by atoms with E-state index in [1.165, 1.54) is 6.26 Å². The zero-order chi connectivity index (χ0) is 16.8. The van der Waals surface area contributed by atoms with Gasteiger partial charge in [0.25, 0.3) is 5.91 Å². The Bertz CT molecular complexity index is 781. The smallest absolute Gasteiger partial charge is 0.287 e. The highest BCUT2D eigenvalue weighted by molar-refractivity contribution is 5.93. The molecule has 0 fully saturated rings. The SMILES string of the molecule is C[C@H](NC(=O)c1occc1COc1ccccc1)c1ccccc1. The molecule has 1 atom stereocenters. The summed E-state index contributed by atoms with van der Waals surface area (Å²) in [6, 6.07) is 20.9. The Morgan fingerprint density at radius 1 is 1.04 bits per heavy atom. The summed E-state index contributed by atoms with van der Waals surface area (Å²) in [6.07, 6.45) is 1.51. The fraction of sp³-hybridized carbons (Fsp3) is 0.150. The highest BCUT2D eigenvalue weighted by Crippen LogP contribution is 2.18. The van der Waals surface area contributed by atoms with Gasteiger partial charge in [0.1, 0.15) is 12.4 Å². The van der Waals surface area contributed by atoms with Crippen molar-refractivity contribution in [1.29, 1.82) is 0 Å². The number of rotatable bonds is 6. The molecule has 1 heterocycles. The number of furan rings is 1.